The lowest BCUT2D eigenvalue weighted by Gasteiger charge is -2.13. The molecule has 0 spiro atoms. The zero-order valence-electron chi connectivity index (χ0n) is 10.0. The molecule has 1 atom stereocenters. The summed E-state index contributed by atoms with van der Waals surface area (Å²) in [5, 5.41) is 4.17. The summed E-state index contributed by atoms with van der Waals surface area (Å²) in [4.78, 5) is 0. The summed E-state index contributed by atoms with van der Waals surface area (Å²) < 4.78 is 5.50. The van der Waals surface area contributed by atoms with E-state index in [4.69, 9.17) is 16.0 Å². The number of halogens is 1. The summed E-state index contributed by atoms with van der Waals surface area (Å²) in [6, 6.07) is 12.1. The molecule has 90 valence electrons. The van der Waals surface area contributed by atoms with Gasteiger partial charge in [0.25, 0.3) is 0 Å². The molecule has 1 N–H and O–H groups in total. The second-order valence-corrected chi connectivity index (χ2v) is 4.61. The Labute approximate surface area is 107 Å². The van der Waals surface area contributed by atoms with E-state index in [2.05, 4.69) is 18.3 Å². The number of aryl methyl sites for hydroxylation is 1. The molecule has 17 heavy (non-hydrogen) atoms. The number of furan rings is 1. The first-order chi connectivity index (χ1) is 8.15. The van der Waals surface area contributed by atoms with Gasteiger partial charge in [0.15, 0.2) is 0 Å². The molecule has 2 rings (SSSR count). The lowest BCUT2D eigenvalue weighted by Crippen LogP contribution is -2.17. The Morgan fingerprint density at radius 3 is 2.76 bits per heavy atom. The van der Waals surface area contributed by atoms with Crippen LogP contribution in [0.3, 0.4) is 0 Å². The van der Waals surface area contributed by atoms with Crippen LogP contribution in [0.25, 0.3) is 0 Å². The van der Waals surface area contributed by atoms with E-state index in [-0.39, 0.29) is 6.04 Å². The standard InChI is InChI=1S/C14H16ClNO/c1-10-6-7-14(17-10)9-16-11(2)12-4-3-5-13(15)8-12/h3-8,11,16H,9H2,1-2H3/t11-/m0/s1. The van der Waals surface area contributed by atoms with Crippen LogP contribution in [0.1, 0.15) is 30.0 Å². The smallest absolute Gasteiger partial charge is 0.117 e. The summed E-state index contributed by atoms with van der Waals surface area (Å²) in [6.45, 7) is 4.78. The molecule has 1 aromatic carbocycles. The van der Waals surface area contributed by atoms with Crippen LogP contribution >= 0.6 is 11.6 Å². The summed E-state index contributed by atoms with van der Waals surface area (Å²) in [5.74, 6) is 1.90. The van der Waals surface area contributed by atoms with Gasteiger partial charge in [0.1, 0.15) is 11.5 Å². The number of nitrogens with one attached hydrogen (secondary N) is 1. The highest BCUT2D eigenvalue weighted by Gasteiger charge is 2.06. The van der Waals surface area contributed by atoms with Crippen LogP contribution in [-0.4, -0.2) is 0 Å². The maximum atomic E-state index is 5.96. The molecule has 2 nitrogen and oxygen atoms in total. The van der Waals surface area contributed by atoms with Gasteiger partial charge in [-0.3, -0.25) is 0 Å². The van der Waals surface area contributed by atoms with Crippen LogP contribution in [0.2, 0.25) is 5.02 Å². The third-order valence-electron chi connectivity index (χ3n) is 2.73. The normalized spacial score (nSPS) is 12.6. The van der Waals surface area contributed by atoms with Crippen LogP contribution in [0.4, 0.5) is 0 Å². The molecule has 0 aliphatic rings. The molecule has 0 fully saturated rings. The summed E-state index contributed by atoms with van der Waals surface area (Å²) in [7, 11) is 0. The highest BCUT2D eigenvalue weighted by molar-refractivity contribution is 6.30. The van der Waals surface area contributed by atoms with Crippen molar-refractivity contribution < 1.29 is 4.42 Å². The van der Waals surface area contributed by atoms with Crippen molar-refractivity contribution in [2.24, 2.45) is 0 Å². The van der Waals surface area contributed by atoms with Gasteiger partial charge in [0.05, 0.1) is 6.54 Å². The molecule has 0 amide bonds. The minimum absolute atomic E-state index is 0.249. The second-order valence-electron chi connectivity index (χ2n) is 4.17. The average Bonchev–Trinajstić information content (AvgIpc) is 2.72. The third-order valence-corrected chi connectivity index (χ3v) is 2.96. The largest absolute Gasteiger partial charge is 0.465 e. The van der Waals surface area contributed by atoms with E-state index in [1.54, 1.807) is 0 Å². The summed E-state index contributed by atoms with van der Waals surface area (Å²) in [6.07, 6.45) is 0. The van der Waals surface area contributed by atoms with Crippen molar-refractivity contribution in [3.8, 4) is 0 Å². The third kappa shape index (κ3) is 3.35. The van der Waals surface area contributed by atoms with Crippen LogP contribution in [0.15, 0.2) is 40.8 Å². The van der Waals surface area contributed by atoms with Gasteiger partial charge in [-0.1, -0.05) is 23.7 Å². The van der Waals surface area contributed by atoms with Crippen molar-refractivity contribution in [2.45, 2.75) is 26.4 Å². The molecule has 3 heteroatoms. The lowest BCUT2D eigenvalue weighted by atomic mass is 10.1. The Bertz CT molecular complexity index is 492. The predicted octanol–water partition coefficient (Wildman–Crippen LogP) is 4.09. The minimum atomic E-state index is 0.249. The first-order valence-electron chi connectivity index (χ1n) is 5.69. The monoisotopic (exact) mass is 249 g/mol. The quantitative estimate of drug-likeness (QED) is 0.883. The van der Waals surface area contributed by atoms with Crippen LogP contribution in [0, 0.1) is 6.92 Å². The molecule has 1 aromatic heterocycles. The van der Waals surface area contributed by atoms with Crippen molar-refractivity contribution >= 4 is 11.6 Å². The maximum absolute atomic E-state index is 5.96. The summed E-state index contributed by atoms with van der Waals surface area (Å²) in [5.41, 5.74) is 1.18. The molecule has 0 unspecified atom stereocenters. The summed E-state index contributed by atoms with van der Waals surface area (Å²) >= 11 is 5.96. The van der Waals surface area contributed by atoms with E-state index < -0.39 is 0 Å². The van der Waals surface area contributed by atoms with E-state index in [1.165, 1.54) is 5.56 Å². The fourth-order valence-electron chi connectivity index (χ4n) is 1.73. The van der Waals surface area contributed by atoms with Crippen LogP contribution < -0.4 is 5.32 Å². The second kappa shape index (κ2) is 5.39. The Morgan fingerprint density at radius 1 is 1.29 bits per heavy atom. The Kier molecular flexibility index (Phi) is 3.87. The highest BCUT2D eigenvalue weighted by atomic mass is 35.5. The molecular formula is C14H16ClNO. The van der Waals surface area contributed by atoms with E-state index in [1.807, 2.05) is 37.3 Å². The topological polar surface area (TPSA) is 25.2 Å². The van der Waals surface area contributed by atoms with Crippen molar-refractivity contribution in [3.05, 3.63) is 58.5 Å². The molecule has 0 radical (unpaired) electrons. The van der Waals surface area contributed by atoms with Crippen LogP contribution in [0.5, 0.6) is 0 Å². The predicted molar refractivity (Wildman–Crippen MR) is 70.2 cm³/mol. The van der Waals surface area contributed by atoms with Gasteiger partial charge in [-0.05, 0) is 43.7 Å². The van der Waals surface area contributed by atoms with Gasteiger partial charge in [-0.15, -0.1) is 0 Å². The van der Waals surface area contributed by atoms with E-state index >= 15 is 0 Å². The zero-order chi connectivity index (χ0) is 12.3. The molecule has 0 saturated heterocycles. The average molecular weight is 250 g/mol. The lowest BCUT2D eigenvalue weighted by molar-refractivity contribution is 0.444. The first kappa shape index (κ1) is 12.2. The first-order valence-corrected chi connectivity index (χ1v) is 6.07. The molecule has 0 aliphatic heterocycles. The van der Waals surface area contributed by atoms with Gasteiger partial charge < -0.3 is 9.73 Å². The number of rotatable bonds is 4. The highest BCUT2D eigenvalue weighted by Crippen LogP contribution is 2.18. The van der Waals surface area contributed by atoms with Gasteiger partial charge in [0.2, 0.25) is 0 Å². The maximum Gasteiger partial charge on any atom is 0.117 e. The van der Waals surface area contributed by atoms with Gasteiger partial charge in [-0.25, -0.2) is 0 Å². The van der Waals surface area contributed by atoms with Crippen molar-refractivity contribution in [1.29, 1.82) is 0 Å². The van der Waals surface area contributed by atoms with Gasteiger partial charge in [0, 0.05) is 11.1 Å². The van der Waals surface area contributed by atoms with E-state index in [0.29, 0.717) is 0 Å². The van der Waals surface area contributed by atoms with Crippen LogP contribution in [-0.2, 0) is 6.54 Å². The van der Waals surface area contributed by atoms with Crippen molar-refractivity contribution in [3.63, 3.8) is 0 Å². The van der Waals surface area contributed by atoms with Crippen molar-refractivity contribution in [2.75, 3.05) is 0 Å². The fourth-order valence-corrected chi connectivity index (χ4v) is 1.93. The molecular weight excluding hydrogens is 234 g/mol. The number of hydrogen-bond acceptors (Lipinski definition) is 2. The van der Waals surface area contributed by atoms with E-state index in [9.17, 15) is 0 Å². The molecule has 2 aromatic rings. The number of benzene rings is 1. The van der Waals surface area contributed by atoms with Crippen molar-refractivity contribution in [1.82, 2.24) is 5.32 Å². The molecule has 0 aliphatic carbocycles. The number of hydrogen-bond donors (Lipinski definition) is 1. The zero-order valence-corrected chi connectivity index (χ0v) is 10.8. The van der Waals surface area contributed by atoms with Gasteiger partial charge >= 0.3 is 0 Å². The minimum Gasteiger partial charge on any atom is -0.465 e. The molecule has 0 saturated carbocycles. The Morgan fingerprint density at radius 2 is 2.12 bits per heavy atom. The SMILES string of the molecule is Cc1ccc(CN[C@@H](C)c2cccc(Cl)c2)o1. The van der Waals surface area contributed by atoms with Gasteiger partial charge in [-0.2, -0.15) is 0 Å². The Balaban J connectivity index is 1.95. The molecule has 0 bridgehead atoms. The van der Waals surface area contributed by atoms with E-state index in [0.717, 1.165) is 23.1 Å². The Hall–Kier alpha value is -1.25. The fraction of sp³-hybridized carbons (Fsp3) is 0.286. The molecule has 1 heterocycles.